The van der Waals surface area contributed by atoms with E-state index in [1.165, 1.54) is 18.3 Å². The van der Waals surface area contributed by atoms with E-state index in [2.05, 4.69) is 5.10 Å². The van der Waals surface area contributed by atoms with E-state index >= 15 is 0 Å². The van der Waals surface area contributed by atoms with Gasteiger partial charge in [-0.15, -0.1) is 0 Å². The Morgan fingerprint density at radius 2 is 2.00 bits per heavy atom. The highest BCUT2D eigenvalue weighted by atomic mass is 19.4. The summed E-state index contributed by atoms with van der Waals surface area (Å²) in [6.45, 7) is 3.83. The number of aromatic nitrogens is 2. The van der Waals surface area contributed by atoms with Crippen LogP contribution in [-0.4, -0.2) is 9.78 Å². The lowest BCUT2D eigenvalue weighted by Crippen LogP contribution is -2.07. The summed E-state index contributed by atoms with van der Waals surface area (Å²) in [5.74, 6) is 0.339. The van der Waals surface area contributed by atoms with Crippen LogP contribution in [0.2, 0.25) is 0 Å². The van der Waals surface area contributed by atoms with Crippen LogP contribution in [0.15, 0.2) is 30.6 Å². The second kappa shape index (κ2) is 5.48. The van der Waals surface area contributed by atoms with Crippen molar-refractivity contribution in [1.29, 1.82) is 5.26 Å². The molecule has 0 saturated heterocycles. The van der Waals surface area contributed by atoms with E-state index in [-0.39, 0.29) is 11.8 Å². The van der Waals surface area contributed by atoms with Crippen LogP contribution in [0.5, 0.6) is 11.5 Å². The van der Waals surface area contributed by atoms with E-state index in [1.807, 2.05) is 13.8 Å². The number of halogens is 3. The smallest absolute Gasteiger partial charge is 0.417 e. The maximum atomic E-state index is 12.8. The first kappa shape index (κ1) is 14.9. The van der Waals surface area contributed by atoms with Crippen molar-refractivity contribution < 1.29 is 17.9 Å². The topological polar surface area (TPSA) is 50.8 Å². The summed E-state index contributed by atoms with van der Waals surface area (Å²) in [7, 11) is 0. The zero-order chi connectivity index (χ0) is 15.6. The molecule has 2 rings (SSSR count). The van der Waals surface area contributed by atoms with Gasteiger partial charge in [0.1, 0.15) is 5.75 Å². The van der Waals surface area contributed by atoms with Crippen molar-refractivity contribution in [2.24, 2.45) is 0 Å². The number of nitrogens with zero attached hydrogens (tertiary/aromatic N) is 3. The quantitative estimate of drug-likeness (QED) is 0.854. The molecule has 1 aromatic carbocycles. The van der Waals surface area contributed by atoms with Crippen molar-refractivity contribution in [3.05, 3.63) is 41.7 Å². The average Bonchev–Trinajstić information content (AvgIpc) is 2.86. The molecule has 0 amide bonds. The molecule has 0 radical (unpaired) electrons. The number of rotatable bonds is 3. The first-order chi connectivity index (χ1) is 9.81. The van der Waals surface area contributed by atoms with Gasteiger partial charge in [-0.2, -0.15) is 23.5 Å². The summed E-state index contributed by atoms with van der Waals surface area (Å²) in [6, 6.07) is 4.86. The minimum absolute atomic E-state index is 0.00429. The molecule has 2 aromatic rings. The first-order valence-electron chi connectivity index (χ1n) is 6.14. The van der Waals surface area contributed by atoms with Crippen LogP contribution >= 0.6 is 0 Å². The Labute approximate surface area is 119 Å². The SMILES string of the molecule is CC(C)n1cc(Oc2ccc(C#N)c(C(F)(F)F)c2)cn1. The fraction of sp³-hybridized carbons (Fsp3) is 0.286. The largest absolute Gasteiger partial charge is 0.454 e. The lowest BCUT2D eigenvalue weighted by molar-refractivity contribution is -0.137. The van der Waals surface area contributed by atoms with Crippen molar-refractivity contribution in [2.75, 3.05) is 0 Å². The second-order valence-corrected chi connectivity index (χ2v) is 4.67. The third-order valence-corrected chi connectivity index (χ3v) is 2.76. The summed E-state index contributed by atoms with van der Waals surface area (Å²) in [6.07, 6.45) is -1.59. The Hall–Kier alpha value is -2.49. The molecule has 0 atom stereocenters. The molecule has 0 bridgehead atoms. The van der Waals surface area contributed by atoms with Gasteiger partial charge in [0.25, 0.3) is 0 Å². The van der Waals surface area contributed by atoms with Crippen molar-refractivity contribution in [3.63, 3.8) is 0 Å². The fourth-order valence-corrected chi connectivity index (χ4v) is 1.71. The molecule has 110 valence electrons. The van der Waals surface area contributed by atoms with Crippen LogP contribution in [-0.2, 0) is 6.18 Å². The van der Waals surface area contributed by atoms with Crippen LogP contribution in [0.4, 0.5) is 13.2 Å². The molecule has 0 fully saturated rings. The molecule has 0 saturated carbocycles. The monoisotopic (exact) mass is 295 g/mol. The van der Waals surface area contributed by atoms with E-state index < -0.39 is 17.3 Å². The van der Waals surface area contributed by atoms with E-state index in [0.717, 1.165) is 12.1 Å². The molecule has 0 aliphatic heterocycles. The van der Waals surface area contributed by atoms with Crippen molar-refractivity contribution >= 4 is 0 Å². The van der Waals surface area contributed by atoms with Gasteiger partial charge in [0.05, 0.1) is 29.6 Å². The third kappa shape index (κ3) is 3.34. The van der Waals surface area contributed by atoms with E-state index in [4.69, 9.17) is 10.00 Å². The maximum Gasteiger partial charge on any atom is 0.417 e. The Bertz CT molecular complexity index is 684. The minimum atomic E-state index is -4.60. The Morgan fingerprint density at radius 1 is 1.29 bits per heavy atom. The fourth-order valence-electron chi connectivity index (χ4n) is 1.71. The highest BCUT2D eigenvalue weighted by Gasteiger charge is 2.34. The Kier molecular flexibility index (Phi) is 3.89. The van der Waals surface area contributed by atoms with Crippen LogP contribution in [0.25, 0.3) is 0 Å². The number of nitriles is 1. The molecular weight excluding hydrogens is 283 g/mol. The summed E-state index contributed by atoms with van der Waals surface area (Å²) in [4.78, 5) is 0. The molecule has 7 heteroatoms. The van der Waals surface area contributed by atoms with Crippen molar-refractivity contribution in [3.8, 4) is 17.6 Å². The van der Waals surface area contributed by atoms with Gasteiger partial charge in [0, 0.05) is 6.04 Å². The van der Waals surface area contributed by atoms with Gasteiger partial charge >= 0.3 is 6.18 Å². The van der Waals surface area contributed by atoms with Gasteiger partial charge in [-0.3, -0.25) is 4.68 Å². The second-order valence-electron chi connectivity index (χ2n) is 4.67. The van der Waals surface area contributed by atoms with Gasteiger partial charge in [0.2, 0.25) is 0 Å². The normalized spacial score (nSPS) is 11.5. The molecule has 0 aliphatic carbocycles. The van der Waals surface area contributed by atoms with E-state index in [1.54, 1.807) is 10.9 Å². The zero-order valence-corrected chi connectivity index (χ0v) is 11.3. The molecule has 0 aliphatic rings. The lowest BCUT2D eigenvalue weighted by Gasteiger charge is -2.10. The van der Waals surface area contributed by atoms with Gasteiger partial charge in [-0.1, -0.05) is 0 Å². The van der Waals surface area contributed by atoms with Gasteiger partial charge in [0.15, 0.2) is 5.75 Å². The minimum Gasteiger partial charge on any atom is -0.454 e. The molecule has 4 nitrogen and oxygen atoms in total. The van der Waals surface area contributed by atoms with Crippen molar-refractivity contribution in [1.82, 2.24) is 9.78 Å². The van der Waals surface area contributed by atoms with Crippen LogP contribution in [0.3, 0.4) is 0 Å². The third-order valence-electron chi connectivity index (χ3n) is 2.76. The van der Waals surface area contributed by atoms with Gasteiger partial charge in [-0.25, -0.2) is 0 Å². The molecule has 1 heterocycles. The highest BCUT2D eigenvalue weighted by molar-refractivity contribution is 5.45. The number of alkyl halides is 3. The van der Waals surface area contributed by atoms with Crippen LogP contribution in [0, 0.1) is 11.3 Å². The maximum absolute atomic E-state index is 12.8. The highest BCUT2D eigenvalue weighted by Crippen LogP contribution is 2.35. The van der Waals surface area contributed by atoms with E-state index in [9.17, 15) is 13.2 Å². The summed E-state index contributed by atoms with van der Waals surface area (Å²) >= 11 is 0. The predicted molar refractivity (Wildman–Crippen MR) is 68.8 cm³/mol. The predicted octanol–water partition coefficient (Wildman–Crippen LogP) is 4.15. The summed E-state index contributed by atoms with van der Waals surface area (Å²) < 4.78 is 45.5. The Morgan fingerprint density at radius 3 is 2.52 bits per heavy atom. The molecule has 1 aromatic heterocycles. The van der Waals surface area contributed by atoms with Crippen LogP contribution in [0.1, 0.15) is 31.0 Å². The standard InChI is InChI=1S/C14H12F3N3O/c1-9(2)20-8-12(7-19-20)21-11-4-3-10(6-18)13(5-11)14(15,16)17/h3-5,7-9H,1-2H3. The summed E-state index contributed by atoms with van der Waals surface area (Å²) in [5, 5.41) is 12.8. The number of hydrogen-bond acceptors (Lipinski definition) is 3. The number of hydrogen-bond donors (Lipinski definition) is 0. The molecular formula is C14H12F3N3O. The number of benzene rings is 1. The van der Waals surface area contributed by atoms with Crippen molar-refractivity contribution in [2.45, 2.75) is 26.1 Å². The number of ether oxygens (including phenoxy) is 1. The van der Waals surface area contributed by atoms with Gasteiger partial charge in [-0.05, 0) is 32.0 Å². The molecule has 0 spiro atoms. The lowest BCUT2D eigenvalue weighted by atomic mass is 10.1. The van der Waals surface area contributed by atoms with E-state index in [0.29, 0.717) is 5.75 Å². The first-order valence-corrected chi connectivity index (χ1v) is 6.14. The Balaban J connectivity index is 2.31. The average molecular weight is 295 g/mol. The zero-order valence-electron chi connectivity index (χ0n) is 11.3. The molecule has 21 heavy (non-hydrogen) atoms. The summed E-state index contributed by atoms with van der Waals surface area (Å²) in [5.41, 5.74) is -1.45. The van der Waals surface area contributed by atoms with Crippen LogP contribution < -0.4 is 4.74 Å². The van der Waals surface area contributed by atoms with Gasteiger partial charge < -0.3 is 4.74 Å². The molecule has 0 N–H and O–H groups in total. The molecule has 0 unspecified atom stereocenters.